The van der Waals surface area contributed by atoms with Crippen molar-refractivity contribution in [1.29, 1.82) is 0 Å². The molecule has 0 aliphatic rings. The molecule has 70 valence electrons. The normalized spacial score (nSPS) is 12.2. The molecule has 0 amide bonds. The summed E-state index contributed by atoms with van der Waals surface area (Å²) in [5, 5.41) is 12.2. The van der Waals surface area contributed by atoms with Crippen LogP contribution < -0.4 is 5.32 Å². The van der Waals surface area contributed by atoms with Gasteiger partial charge in [-0.05, 0) is 12.5 Å². The van der Waals surface area contributed by atoms with Crippen molar-refractivity contribution in [3.05, 3.63) is 48.2 Å². The Morgan fingerprint density at radius 3 is 2.54 bits per heavy atom. The Bertz CT molecular complexity index is 269. The first-order valence-electron chi connectivity index (χ1n) is 4.32. The molecule has 2 N–H and O–H groups in total. The van der Waals surface area contributed by atoms with Crippen LogP contribution in [0.25, 0.3) is 0 Å². The summed E-state index contributed by atoms with van der Waals surface area (Å²) in [6.45, 7) is 5.71. The first kappa shape index (κ1) is 9.81. The van der Waals surface area contributed by atoms with E-state index in [9.17, 15) is 0 Å². The Kier molecular flexibility index (Phi) is 3.53. The molecule has 0 saturated heterocycles. The maximum Gasteiger partial charge on any atom is 0.0741 e. The fourth-order valence-electron chi connectivity index (χ4n) is 1.22. The van der Waals surface area contributed by atoms with E-state index >= 15 is 0 Å². The maximum absolute atomic E-state index is 9.12. The van der Waals surface area contributed by atoms with Gasteiger partial charge in [0.25, 0.3) is 0 Å². The summed E-state index contributed by atoms with van der Waals surface area (Å²) in [6, 6.07) is 9.79. The van der Waals surface area contributed by atoms with Gasteiger partial charge in [-0.2, -0.15) is 0 Å². The summed E-state index contributed by atoms with van der Waals surface area (Å²) in [5.41, 5.74) is 1.94. The first-order valence-corrected chi connectivity index (χ1v) is 4.32. The summed E-state index contributed by atoms with van der Waals surface area (Å²) in [7, 11) is 0. The minimum Gasteiger partial charge on any atom is -0.394 e. The van der Waals surface area contributed by atoms with Crippen LogP contribution in [0.1, 0.15) is 18.5 Å². The van der Waals surface area contributed by atoms with Crippen LogP contribution in [-0.2, 0) is 0 Å². The molecular weight excluding hydrogens is 162 g/mol. The number of nitrogens with one attached hydrogen (secondary N) is 1. The molecule has 1 rings (SSSR count). The Hall–Kier alpha value is -1.28. The fraction of sp³-hybridized carbons (Fsp3) is 0.273. The monoisotopic (exact) mass is 177 g/mol. The van der Waals surface area contributed by atoms with Gasteiger partial charge < -0.3 is 10.4 Å². The topological polar surface area (TPSA) is 32.3 Å². The highest BCUT2D eigenvalue weighted by Gasteiger charge is 2.07. The van der Waals surface area contributed by atoms with Crippen LogP contribution in [0.4, 0.5) is 0 Å². The molecule has 0 fully saturated rings. The second kappa shape index (κ2) is 4.67. The molecule has 0 heterocycles. The molecule has 0 aromatic heterocycles. The first-order chi connectivity index (χ1) is 6.24. The van der Waals surface area contributed by atoms with Crippen molar-refractivity contribution >= 4 is 0 Å². The third kappa shape index (κ3) is 2.92. The number of hydrogen-bond acceptors (Lipinski definition) is 2. The van der Waals surface area contributed by atoms with Crippen LogP contribution in [0.15, 0.2) is 42.6 Å². The van der Waals surface area contributed by atoms with Crippen molar-refractivity contribution < 1.29 is 5.11 Å². The quantitative estimate of drug-likeness (QED) is 0.735. The summed E-state index contributed by atoms with van der Waals surface area (Å²) >= 11 is 0. The zero-order valence-corrected chi connectivity index (χ0v) is 7.83. The van der Waals surface area contributed by atoms with E-state index in [-0.39, 0.29) is 12.6 Å². The average molecular weight is 177 g/mol. The van der Waals surface area contributed by atoms with E-state index < -0.39 is 0 Å². The van der Waals surface area contributed by atoms with Crippen molar-refractivity contribution in [1.82, 2.24) is 5.32 Å². The van der Waals surface area contributed by atoms with Crippen molar-refractivity contribution in [3.63, 3.8) is 0 Å². The lowest BCUT2D eigenvalue weighted by molar-refractivity contribution is 0.252. The molecule has 1 aromatic carbocycles. The van der Waals surface area contributed by atoms with Gasteiger partial charge in [-0.25, -0.2) is 0 Å². The van der Waals surface area contributed by atoms with Crippen LogP contribution >= 0.6 is 0 Å². The van der Waals surface area contributed by atoms with Gasteiger partial charge in [-0.15, -0.1) is 0 Å². The maximum atomic E-state index is 9.12. The van der Waals surface area contributed by atoms with Crippen molar-refractivity contribution in [2.45, 2.75) is 13.0 Å². The Balaban J connectivity index is 2.73. The highest BCUT2D eigenvalue weighted by molar-refractivity contribution is 5.19. The van der Waals surface area contributed by atoms with Crippen molar-refractivity contribution in [3.8, 4) is 0 Å². The van der Waals surface area contributed by atoms with E-state index in [4.69, 9.17) is 5.11 Å². The van der Waals surface area contributed by atoms with Gasteiger partial charge in [-0.3, -0.25) is 0 Å². The van der Waals surface area contributed by atoms with Gasteiger partial charge in [0, 0.05) is 5.70 Å². The standard InChI is InChI=1S/C11H15NO/c1-9(2)12-11(8-13)10-6-4-3-5-7-10/h3-7,11-13H,1,8H2,2H3/t11-/m1/s1. The molecule has 1 aromatic rings. The zero-order valence-electron chi connectivity index (χ0n) is 7.83. The van der Waals surface area contributed by atoms with Gasteiger partial charge >= 0.3 is 0 Å². The van der Waals surface area contributed by atoms with E-state index in [1.807, 2.05) is 37.3 Å². The Morgan fingerprint density at radius 2 is 2.08 bits per heavy atom. The lowest BCUT2D eigenvalue weighted by Crippen LogP contribution is -2.22. The molecule has 0 unspecified atom stereocenters. The lowest BCUT2D eigenvalue weighted by atomic mass is 10.1. The van der Waals surface area contributed by atoms with Gasteiger partial charge in [0.2, 0.25) is 0 Å². The fourth-order valence-corrected chi connectivity index (χ4v) is 1.22. The van der Waals surface area contributed by atoms with Crippen LogP contribution in [0.3, 0.4) is 0 Å². The number of rotatable bonds is 4. The van der Waals surface area contributed by atoms with Crippen molar-refractivity contribution in [2.24, 2.45) is 0 Å². The summed E-state index contributed by atoms with van der Waals surface area (Å²) in [5.74, 6) is 0. The predicted octanol–water partition coefficient (Wildman–Crippen LogP) is 1.84. The van der Waals surface area contributed by atoms with Crippen LogP contribution in [-0.4, -0.2) is 11.7 Å². The summed E-state index contributed by atoms with van der Waals surface area (Å²) < 4.78 is 0. The summed E-state index contributed by atoms with van der Waals surface area (Å²) in [4.78, 5) is 0. The van der Waals surface area contributed by atoms with Crippen LogP contribution in [0.2, 0.25) is 0 Å². The predicted molar refractivity (Wildman–Crippen MR) is 54.2 cm³/mol. The third-order valence-corrected chi connectivity index (χ3v) is 1.81. The van der Waals surface area contributed by atoms with Gasteiger partial charge in [0.15, 0.2) is 0 Å². The number of aliphatic hydroxyl groups excluding tert-OH is 1. The molecule has 0 saturated carbocycles. The van der Waals surface area contributed by atoms with E-state index in [1.165, 1.54) is 0 Å². The minimum absolute atomic E-state index is 0.0429. The molecule has 0 spiro atoms. The SMILES string of the molecule is C=C(C)N[C@H](CO)c1ccccc1. The molecule has 2 nitrogen and oxygen atoms in total. The van der Waals surface area contributed by atoms with Gasteiger partial charge in [0.1, 0.15) is 0 Å². The molecule has 1 atom stereocenters. The van der Waals surface area contributed by atoms with E-state index in [1.54, 1.807) is 0 Å². The highest BCUT2D eigenvalue weighted by atomic mass is 16.3. The zero-order chi connectivity index (χ0) is 9.68. The Labute approximate surface area is 78.9 Å². The third-order valence-electron chi connectivity index (χ3n) is 1.81. The average Bonchev–Trinajstić information content (AvgIpc) is 2.15. The van der Waals surface area contributed by atoms with Crippen LogP contribution in [0, 0.1) is 0 Å². The number of benzene rings is 1. The molecule has 13 heavy (non-hydrogen) atoms. The summed E-state index contributed by atoms with van der Waals surface area (Å²) in [6.07, 6.45) is 0. The number of aliphatic hydroxyl groups is 1. The number of allylic oxidation sites excluding steroid dienone is 1. The van der Waals surface area contributed by atoms with E-state index in [0.29, 0.717) is 0 Å². The minimum atomic E-state index is -0.0429. The smallest absolute Gasteiger partial charge is 0.0741 e. The second-order valence-corrected chi connectivity index (χ2v) is 3.07. The highest BCUT2D eigenvalue weighted by Crippen LogP contribution is 2.12. The lowest BCUT2D eigenvalue weighted by Gasteiger charge is -2.17. The second-order valence-electron chi connectivity index (χ2n) is 3.07. The molecule has 0 aliphatic heterocycles. The Morgan fingerprint density at radius 1 is 1.46 bits per heavy atom. The van der Waals surface area contributed by atoms with Crippen LogP contribution in [0.5, 0.6) is 0 Å². The molecular formula is C11H15NO. The van der Waals surface area contributed by atoms with Gasteiger partial charge in [0.05, 0.1) is 12.6 Å². The number of hydrogen-bond donors (Lipinski definition) is 2. The molecule has 0 bridgehead atoms. The molecule has 0 radical (unpaired) electrons. The van der Waals surface area contributed by atoms with Crippen molar-refractivity contribution in [2.75, 3.05) is 6.61 Å². The van der Waals surface area contributed by atoms with Gasteiger partial charge in [-0.1, -0.05) is 36.9 Å². The largest absolute Gasteiger partial charge is 0.394 e. The van der Waals surface area contributed by atoms with E-state index in [0.717, 1.165) is 11.3 Å². The molecule has 0 aliphatic carbocycles. The van der Waals surface area contributed by atoms with E-state index in [2.05, 4.69) is 11.9 Å². The molecule has 2 heteroatoms.